The van der Waals surface area contributed by atoms with Gasteiger partial charge >= 0.3 is 6.03 Å². The van der Waals surface area contributed by atoms with Crippen LogP contribution >= 0.6 is 11.3 Å². The van der Waals surface area contributed by atoms with Crippen LogP contribution < -0.4 is 10.6 Å². The molecule has 1 aromatic heterocycles. The smallest absolute Gasteiger partial charge is 0.319 e. The molecule has 2 heterocycles. The molecule has 2 aromatic rings. The third-order valence-electron chi connectivity index (χ3n) is 3.97. The van der Waals surface area contributed by atoms with Crippen LogP contribution in [0.4, 0.5) is 14.9 Å². The van der Waals surface area contributed by atoms with Crippen molar-refractivity contribution in [1.29, 1.82) is 0 Å². The lowest BCUT2D eigenvalue weighted by molar-refractivity contribution is 0.0168. The number of amides is 2. The molecule has 0 aliphatic carbocycles. The Morgan fingerprint density at radius 2 is 2.00 bits per heavy atom. The normalized spacial score (nSPS) is 16.5. The highest BCUT2D eigenvalue weighted by atomic mass is 32.1. The number of nitrogens with zero attached hydrogens (tertiary/aromatic N) is 1. The fourth-order valence-electron chi connectivity index (χ4n) is 2.71. The standard InChI is InChI=1S/C17H20FN3O2S/c18-14-1-3-15(4-2-14)20-17(22)19-11-16(13-5-10-24-12-13)21-6-8-23-9-7-21/h1-5,10,12,16H,6-9,11H2,(H2,19,20,22). The van der Waals surface area contributed by atoms with Crippen molar-refractivity contribution in [2.75, 3.05) is 38.2 Å². The molecule has 128 valence electrons. The number of nitrogens with one attached hydrogen (secondary N) is 2. The SMILES string of the molecule is O=C(NCC(c1ccsc1)N1CCOCC1)Nc1ccc(F)cc1. The van der Waals surface area contributed by atoms with Crippen LogP contribution in [0.15, 0.2) is 41.1 Å². The van der Waals surface area contributed by atoms with Crippen molar-refractivity contribution in [2.24, 2.45) is 0 Å². The van der Waals surface area contributed by atoms with Crippen LogP contribution in [0, 0.1) is 5.82 Å². The summed E-state index contributed by atoms with van der Waals surface area (Å²) in [7, 11) is 0. The summed E-state index contributed by atoms with van der Waals surface area (Å²) in [6.45, 7) is 3.62. The van der Waals surface area contributed by atoms with Crippen molar-refractivity contribution < 1.29 is 13.9 Å². The molecule has 1 atom stereocenters. The average molecular weight is 349 g/mol. The molecule has 1 fully saturated rings. The first kappa shape index (κ1) is 16.9. The van der Waals surface area contributed by atoms with Gasteiger partial charge in [0, 0.05) is 25.3 Å². The summed E-state index contributed by atoms with van der Waals surface area (Å²) >= 11 is 1.65. The summed E-state index contributed by atoms with van der Waals surface area (Å²) in [6.07, 6.45) is 0. The Bertz CT molecular complexity index is 642. The van der Waals surface area contributed by atoms with Crippen LogP contribution in [-0.2, 0) is 4.74 Å². The Balaban J connectivity index is 1.58. The van der Waals surface area contributed by atoms with Gasteiger partial charge in [-0.3, -0.25) is 4.90 Å². The molecule has 0 radical (unpaired) electrons. The summed E-state index contributed by atoms with van der Waals surface area (Å²) in [5.74, 6) is -0.328. The third-order valence-corrected chi connectivity index (χ3v) is 4.67. The van der Waals surface area contributed by atoms with Gasteiger partial charge in [-0.15, -0.1) is 0 Å². The minimum absolute atomic E-state index is 0.124. The van der Waals surface area contributed by atoms with Crippen LogP contribution in [-0.4, -0.2) is 43.8 Å². The molecule has 1 aliphatic rings. The van der Waals surface area contributed by atoms with Gasteiger partial charge < -0.3 is 15.4 Å². The summed E-state index contributed by atoms with van der Waals surface area (Å²) in [6, 6.07) is 7.62. The zero-order chi connectivity index (χ0) is 16.8. The fourth-order valence-corrected chi connectivity index (χ4v) is 3.42. The minimum atomic E-state index is -0.328. The molecule has 0 spiro atoms. The minimum Gasteiger partial charge on any atom is -0.379 e. The van der Waals surface area contributed by atoms with Crippen molar-refractivity contribution in [3.05, 3.63) is 52.5 Å². The third kappa shape index (κ3) is 4.53. The highest BCUT2D eigenvalue weighted by molar-refractivity contribution is 7.07. The second-order valence-electron chi connectivity index (χ2n) is 5.56. The van der Waals surface area contributed by atoms with E-state index in [-0.39, 0.29) is 17.9 Å². The average Bonchev–Trinajstić information content (AvgIpc) is 3.12. The van der Waals surface area contributed by atoms with Gasteiger partial charge in [-0.2, -0.15) is 11.3 Å². The van der Waals surface area contributed by atoms with Crippen LogP contribution in [0.5, 0.6) is 0 Å². The van der Waals surface area contributed by atoms with E-state index in [4.69, 9.17) is 4.74 Å². The number of carbonyl (C=O) groups excluding carboxylic acids is 1. The Morgan fingerprint density at radius 1 is 1.25 bits per heavy atom. The molecule has 7 heteroatoms. The zero-order valence-electron chi connectivity index (χ0n) is 13.2. The first-order chi connectivity index (χ1) is 11.7. The van der Waals surface area contributed by atoms with Gasteiger partial charge in [0.1, 0.15) is 5.82 Å². The maximum Gasteiger partial charge on any atom is 0.319 e. The lowest BCUT2D eigenvalue weighted by Crippen LogP contribution is -2.44. The van der Waals surface area contributed by atoms with E-state index < -0.39 is 0 Å². The molecule has 5 nitrogen and oxygen atoms in total. The number of carbonyl (C=O) groups is 1. The number of rotatable bonds is 5. The lowest BCUT2D eigenvalue weighted by Gasteiger charge is -2.34. The van der Waals surface area contributed by atoms with E-state index in [2.05, 4.69) is 27.0 Å². The van der Waals surface area contributed by atoms with Gasteiger partial charge in [0.2, 0.25) is 0 Å². The molecule has 3 rings (SSSR count). The van der Waals surface area contributed by atoms with E-state index in [0.717, 1.165) is 13.1 Å². The van der Waals surface area contributed by atoms with E-state index in [0.29, 0.717) is 25.4 Å². The van der Waals surface area contributed by atoms with E-state index in [1.807, 2.05) is 5.38 Å². The number of halogens is 1. The predicted octanol–water partition coefficient (Wildman–Crippen LogP) is 3.08. The van der Waals surface area contributed by atoms with E-state index in [1.54, 1.807) is 11.3 Å². The molecule has 2 amide bonds. The van der Waals surface area contributed by atoms with Gasteiger partial charge in [-0.25, -0.2) is 9.18 Å². The molecule has 2 N–H and O–H groups in total. The molecule has 0 bridgehead atoms. The summed E-state index contributed by atoms with van der Waals surface area (Å²) < 4.78 is 18.3. The van der Waals surface area contributed by atoms with Crippen LogP contribution in [0.25, 0.3) is 0 Å². The number of thiophene rings is 1. The quantitative estimate of drug-likeness (QED) is 0.872. The van der Waals surface area contributed by atoms with Gasteiger partial charge in [-0.05, 0) is 46.7 Å². The van der Waals surface area contributed by atoms with E-state index in [9.17, 15) is 9.18 Å². The van der Waals surface area contributed by atoms with E-state index >= 15 is 0 Å². The van der Waals surface area contributed by atoms with Crippen molar-refractivity contribution in [2.45, 2.75) is 6.04 Å². The van der Waals surface area contributed by atoms with Crippen molar-refractivity contribution in [3.63, 3.8) is 0 Å². The first-order valence-electron chi connectivity index (χ1n) is 7.87. The Hall–Kier alpha value is -1.96. The van der Waals surface area contributed by atoms with E-state index in [1.165, 1.54) is 29.8 Å². The number of morpholine rings is 1. The first-order valence-corrected chi connectivity index (χ1v) is 8.81. The molecule has 1 unspecified atom stereocenters. The lowest BCUT2D eigenvalue weighted by atomic mass is 10.1. The Kier molecular flexibility index (Phi) is 5.79. The number of urea groups is 1. The van der Waals surface area contributed by atoms with Gasteiger partial charge in [0.15, 0.2) is 0 Å². The van der Waals surface area contributed by atoms with Crippen molar-refractivity contribution in [1.82, 2.24) is 10.2 Å². The molecule has 1 aromatic carbocycles. The van der Waals surface area contributed by atoms with Gasteiger partial charge in [0.25, 0.3) is 0 Å². The van der Waals surface area contributed by atoms with Crippen molar-refractivity contribution >= 4 is 23.1 Å². The highest BCUT2D eigenvalue weighted by Gasteiger charge is 2.23. The number of hydrogen-bond donors (Lipinski definition) is 2. The number of benzene rings is 1. The largest absolute Gasteiger partial charge is 0.379 e. The molecule has 24 heavy (non-hydrogen) atoms. The summed E-state index contributed by atoms with van der Waals surface area (Å²) in [5.41, 5.74) is 1.76. The topological polar surface area (TPSA) is 53.6 Å². The van der Waals surface area contributed by atoms with Crippen LogP contribution in [0.2, 0.25) is 0 Å². The monoisotopic (exact) mass is 349 g/mol. The van der Waals surface area contributed by atoms with Crippen LogP contribution in [0.3, 0.4) is 0 Å². The molecular weight excluding hydrogens is 329 g/mol. The number of anilines is 1. The Labute approximate surface area is 144 Å². The second kappa shape index (κ2) is 8.23. The molecular formula is C17H20FN3O2S. The molecule has 0 saturated carbocycles. The maximum atomic E-state index is 12.9. The van der Waals surface area contributed by atoms with Crippen LogP contribution in [0.1, 0.15) is 11.6 Å². The zero-order valence-corrected chi connectivity index (χ0v) is 14.0. The van der Waals surface area contributed by atoms with Gasteiger partial charge in [-0.1, -0.05) is 0 Å². The second-order valence-corrected chi connectivity index (χ2v) is 6.34. The predicted molar refractivity (Wildman–Crippen MR) is 92.9 cm³/mol. The number of ether oxygens (including phenoxy) is 1. The molecule has 1 aliphatic heterocycles. The van der Waals surface area contributed by atoms with Crippen molar-refractivity contribution in [3.8, 4) is 0 Å². The van der Waals surface area contributed by atoms with Gasteiger partial charge in [0.05, 0.1) is 19.3 Å². The fraction of sp³-hybridized carbons (Fsp3) is 0.353. The highest BCUT2D eigenvalue weighted by Crippen LogP contribution is 2.23. The molecule has 1 saturated heterocycles. The number of hydrogen-bond acceptors (Lipinski definition) is 4. The summed E-state index contributed by atoms with van der Waals surface area (Å²) in [5, 5.41) is 9.78. The summed E-state index contributed by atoms with van der Waals surface area (Å²) in [4.78, 5) is 14.4. The maximum absolute atomic E-state index is 12.9. The Morgan fingerprint density at radius 3 is 2.67 bits per heavy atom.